The highest BCUT2D eigenvalue weighted by Crippen LogP contribution is 2.13. The molecule has 0 aliphatic carbocycles. The summed E-state index contributed by atoms with van der Waals surface area (Å²) < 4.78 is 0. The molecule has 0 saturated heterocycles. The molecule has 1 aromatic rings. The molecule has 0 bridgehead atoms. The van der Waals surface area contributed by atoms with Crippen molar-refractivity contribution in [3.05, 3.63) is 18.3 Å². The van der Waals surface area contributed by atoms with Crippen molar-refractivity contribution in [1.82, 2.24) is 9.88 Å². The van der Waals surface area contributed by atoms with Gasteiger partial charge >= 0.3 is 0 Å². The number of anilines is 2. The number of amides is 1. The van der Waals surface area contributed by atoms with E-state index < -0.39 is 0 Å². The summed E-state index contributed by atoms with van der Waals surface area (Å²) in [6.07, 6.45) is 3.46. The van der Waals surface area contributed by atoms with E-state index in [0.29, 0.717) is 5.82 Å². The minimum Gasteiger partial charge on any atom is -0.383 e. The van der Waals surface area contributed by atoms with Gasteiger partial charge in [-0.15, -0.1) is 0 Å². The van der Waals surface area contributed by atoms with E-state index in [4.69, 9.17) is 0 Å². The highest BCUT2D eigenvalue weighted by Gasteiger charge is 2.14. The summed E-state index contributed by atoms with van der Waals surface area (Å²) in [6.45, 7) is 5.89. The molecule has 0 unspecified atom stereocenters. The van der Waals surface area contributed by atoms with E-state index >= 15 is 0 Å². The molecule has 112 valence electrons. The maximum Gasteiger partial charge on any atom is 0.228 e. The predicted molar refractivity (Wildman–Crippen MR) is 84.0 cm³/mol. The Morgan fingerprint density at radius 3 is 2.50 bits per heavy atom. The number of hydrogen-bond donors (Lipinski definition) is 2. The summed E-state index contributed by atoms with van der Waals surface area (Å²) in [5, 5.41) is 6.14. The molecule has 0 atom stereocenters. The number of aromatic nitrogens is 1. The highest BCUT2D eigenvalue weighted by molar-refractivity contribution is 5.91. The molecule has 1 heterocycles. The zero-order valence-corrected chi connectivity index (χ0v) is 12.9. The van der Waals surface area contributed by atoms with E-state index in [1.165, 1.54) is 0 Å². The average Bonchev–Trinajstić information content (AvgIpc) is 2.42. The lowest BCUT2D eigenvalue weighted by Gasteiger charge is -2.13. The Balaban J connectivity index is 2.48. The van der Waals surface area contributed by atoms with E-state index in [0.717, 1.165) is 31.6 Å². The minimum atomic E-state index is 0.0517. The Kier molecular flexibility index (Phi) is 7.01. The molecule has 0 aliphatic rings. The second-order valence-corrected chi connectivity index (χ2v) is 5.16. The van der Waals surface area contributed by atoms with Crippen LogP contribution in [0, 0.1) is 5.92 Å². The topological polar surface area (TPSA) is 57.3 Å². The fraction of sp³-hybridized carbons (Fsp3) is 0.600. The number of carbonyl (C=O) groups is 1. The first-order chi connectivity index (χ1) is 9.56. The summed E-state index contributed by atoms with van der Waals surface area (Å²) in [4.78, 5) is 18.3. The van der Waals surface area contributed by atoms with Gasteiger partial charge in [0.05, 0.1) is 11.9 Å². The van der Waals surface area contributed by atoms with Crippen LogP contribution in [0.5, 0.6) is 0 Å². The second-order valence-electron chi connectivity index (χ2n) is 5.16. The van der Waals surface area contributed by atoms with Crippen molar-refractivity contribution in [2.75, 3.05) is 37.8 Å². The summed E-state index contributed by atoms with van der Waals surface area (Å²) in [5.41, 5.74) is 0.965. The molecule has 0 spiro atoms. The lowest BCUT2D eigenvalue weighted by molar-refractivity contribution is -0.120. The Morgan fingerprint density at radius 1 is 1.30 bits per heavy atom. The van der Waals surface area contributed by atoms with Gasteiger partial charge in [0.15, 0.2) is 0 Å². The first kappa shape index (κ1) is 16.4. The number of pyridine rings is 1. The molecule has 5 heteroatoms. The molecular formula is C15H26N4O. The molecule has 1 rings (SSSR count). The van der Waals surface area contributed by atoms with Crippen LogP contribution in [0.4, 0.5) is 11.5 Å². The van der Waals surface area contributed by atoms with Gasteiger partial charge in [-0.05, 0) is 39.1 Å². The fourth-order valence-electron chi connectivity index (χ4n) is 1.88. The van der Waals surface area contributed by atoms with Crippen LogP contribution in [0.3, 0.4) is 0 Å². The van der Waals surface area contributed by atoms with Gasteiger partial charge < -0.3 is 15.5 Å². The molecule has 0 fully saturated rings. The van der Waals surface area contributed by atoms with Crippen molar-refractivity contribution >= 4 is 17.4 Å². The monoisotopic (exact) mass is 278 g/mol. The first-order valence-corrected chi connectivity index (χ1v) is 7.22. The Morgan fingerprint density at radius 2 is 2.00 bits per heavy atom. The largest absolute Gasteiger partial charge is 0.383 e. The maximum absolute atomic E-state index is 11.9. The number of hydrogen-bond acceptors (Lipinski definition) is 4. The smallest absolute Gasteiger partial charge is 0.228 e. The Labute approximate surface area is 121 Å². The van der Waals surface area contributed by atoms with Crippen LogP contribution >= 0.6 is 0 Å². The minimum absolute atomic E-state index is 0.0517. The van der Waals surface area contributed by atoms with Crippen molar-refractivity contribution in [3.8, 4) is 0 Å². The van der Waals surface area contributed by atoms with Crippen LogP contribution < -0.4 is 10.6 Å². The summed E-state index contributed by atoms with van der Waals surface area (Å²) in [6, 6.07) is 3.77. The number of rotatable bonds is 8. The number of nitrogens with one attached hydrogen (secondary N) is 2. The van der Waals surface area contributed by atoms with Gasteiger partial charge in [-0.1, -0.05) is 13.8 Å². The molecular weight excluding hydrogens is 252 g/mol. The standard InChI is InChI=1S/C15H26N4O/c1-5-12(6-2)15(20)18-14-8-7-13(11-17-14)16-9-10-19(3)4/h7-8,11-12,16H,5-6,9-10H2,1-4H3,(H,17,18,20). The number of likely N-dealkylation sites (N-methyl/N-ethyl adjacent to an activating group) is 1. The van der Waals surface area contributed by atoms with Crippen molar-refractivity contribution in [3.63, 3.8) is 0 Å². The molecule has 0 aliphatic heterocycles. The lowest BCUT2D eigenvalue weighted by atomic mass is 10.0. The van der Waals surface area contributed by atoms with Crippen LogP contribution in [0.2, 0.25) is 0 Å². The molecule has 1 amide bonds. The van der Waals surface area contributed by atoms with Gasteiger partial charge in [0.1, 0.15) is 5.82 Å². The highest BCUT2D eigenvalue weighted by atomic mass is 16.1. The third-order valence-corrected chi connectivity index (χ3v) is 3.26. The molecule has 2 N–H and O–H groups in total. The number of nitrogens with zero attached hydrogens (tertiary/aromatic N) is 2. The van der Waals surface area contributed by atoms with E-state index in [1.54, 1.807) is 6.20 Å². The molecule has 1 aromatic heterocycles. The zero-order chi connectivity index (χ0) is 15.0. The van der Waals surface area contributed by atoms with Gasteiger partial charge in [0.25, 0.3) is 0 Å². The van der Waals surface area contributed by atoms with Crippen LogP contribution in [0.15, 0.2) is 18.3 Å². The fourth-order valence-corrected chi connectivity index (χ4v) is 1.88. The second kappa shape index (κ2) is 8.53. The van der Waals surface area contributed by atoms with E-state index in [1.807, 2.05) is 40.1 Å². The molecule has 20 heavy (non-hydrogen) atoms. The van der Waals surface area contributed by atoms with Crippen LogP contribution in [-0.4, -0.2) is 43.0 Å². The summed E-state index contributed by atoms with van der Waals surface area (Å²) in [5.74, 6) is 0.727. The van der Waals surface area contributed by atoms with Crippen molar-refractivity contribution in [1.29, 1.82) is 0 Å². The Bertz CT molecular complexity index is 399. The average molecular weight is 278 g/mol. The predicted octanol–water partition coefficient (Wildman–Crippen LogP) is 2.43. The van der Waals surface area contributed by atoms with Crippen LogP contribution in [0.25, 0.3) is 0 Å². The van der Waals surface area contributed by atoms with Crippen molar-refractivity contribution in [2.24, 2.45) is 5.92 Å². The zero-order valence-electron chi connectivity index (χ0n) is 12.9. The molecule has 0 aromatic carbocycles. The SMILES string of the molecule is CCC(CC)C(=O)Nc1ccc(NCCN(C)C)cn1. The van der Waals surface area contributed by atoms with Gasteiger partial charge in [0.2, 0.25) is 5.91 Å². The first-order valence-electron chi connectivity index (χ1n) is 7.22. The summed E-state index contributed by atoms with van der Waals surface area (Å²) in [7, 11) is 4.08. The third-order valence-electron chi connectivity index (χ3n) is 3.26. The van der Waals surface area contributed by atoms with Gasteiger partial charge in [-0.25, -0.2) is 4.98 Å². The van der Waals surface area contributed by atoms with Crippen LogP contribution in [-0.2, 0) is 4.79 Å². The van der Waals surface area contributed by atoms with Gasteiger partial charge in [0, 0.05) is 19.0 Å². The van der Waals surface area contributed by atoms with Crippen molar-refractivity contribution < 1.29 is 4.79 Å². The normalized spacial score (nSPS) is 10.9. The van der Waals surface area contributed by atoms with Gasteiger partial charge in [-0.3, -0.25) is 4.79 Å². The molecule has 0 saturated carbocycles. The Hall–Kier alpha value is -1.62. The van der Waals surface area contributed by atoms with Crippen molar-refractivity contribution in [2.45, 2.75) is 26.7 Å². The lowest BCUT2D eigenvalue weighted by Crippen LogP contribution is -2.22. The molecule has 5 nitrogen and oxygen atoms in total. The maximum atomic E-state index is 11.9. The van der Waals surface area contributed by atoms with Crippen LogP contribution in [0.1, 0.15) is 26.7 Å². The third kappa shape index (κ3) is 5.57. The summed E-state index contributed by atoms with van der Waals surface area (Å²) >= 11 is 0. The number of carbonyl (C=O) groups excluding carboxylic acids is 1. The van der Waals surface area contributed by atoms with Gasteiger partial charge in [-0.2, -0.15) is 0 Å². The molecule has 0 radical (unpaired) electrons. The van der Waals surface area contributed by atoms with E-state index in [2.05, 4.69) is 20.5 Å². The quantitative estimate of drug-likeness (QED) is 0.767. The van der Waals surface area contributed by atoms with E-state index in [9.17, 15) is 4.79 Å². The van der Waals surface area contributed by atoms with E-state index in [-0.39, 0.29) is 11.8 Å².